The smallest absolute Gasteiger partial charge is 0.209 e. The predicted octanol–water partition coefficient (Wildman–Crippen LogP) is 1.54. The van der Waals surface area contributed by atoms with Gasteiger partial charge >= 0.3 is 0 Å². The molecule has 0 aliphatic heterocycles. The van der Waals surface area contributed by atoms with Gasteiger partial charge in [-0.2, -0.15) is 5.10 Å². The van der Waals surface area contributed by atoms with E-state index in [1.807, 2.05) is 32.4 Å². The lowest BCUT2D eigenvalue weighted by atomic mass is 10.1. The van der Waals surface area contributed by atoms with Gasteiger partial charge in [0.2, 0.25) is 10.0 Å². The van der Waals surface area contributed by atoms with E-state index in [1.165, 1.54) is 0 Å². The zero-order valence-corrected chi connectivity index (χ0v) is 14.9. The molecule has 0 aliphatic rings. The van der Waals surface area contributed by atoms with Crippen molar-refractivity contribution in [3.05, 3.63) is 16.4 Å². The van der Waals surface area contributed by atoms with E-state index < -0.39 is 15.6 Å². The number of nitrogens with zero attached hydrogens (tertiary/aromatic N) is 2. The SMILES string of the molecule is CCc1nn(CC)c(CNCC(C)(C)NS(C)(=O)=O)c1Cl. The van der Waals surface area contributed by atoms with Gasteiger partial charge in [-0.25, -0.2) is 13.1 Å². The molecule has 6 nitrogen and oxygen atoms in total. The summed E-state index contributed by atoms with van der Waals surface area (Å²) in [6.45, 7) is 9.49. The first-order chi connectivity index (χ1) is 9.59. The van der Waals surface area contributed by atoms with Crippen LogP contribution in [0.1, 0.15) is 39.1 Å². The molecule has 0 spiro atoms. The fourth-order valence-corrected chi connectivity index (χ4v) is 3.63. The first-order valence-electron chi connectivity index (χ1n) is 7.03. The second-order valence-corrected chi connectivity index (χ2v) is 7.86. The van der Waals surface area contributed by atoms with E-state index in [2.05, 4.69) is 15.1 Å². The highest BCUT2D eigenvalue weighted by Crippen LogP contribution is 2.21. The Morgan fingerprint density at radius 1 is 1.33 bits per heavy atom. The third-order valence-electron chi connectivity index (χ3n) is 3.02. The Morgan fingerprint density at radius 2 is 1.95 bits per heavy atom. The maximum absolute atomic E-state index is 11.3. The minimum atomic E-state index is -3.23. The molecule has 0 aliphatic carbocycles. The molecule has 1 heterocycles. The first-order valence-corrected chi connectivity index (χ1v) is 9.30. The molecule has 0 atom stereocenters. The average Bonchev–Trinajstić information content (AvgIpc) is 2.63. The third kappa shape index (κ3) is 5.58. The lowest BCUT2D eigenvalue weighted by molar-refractivity contribution is 0.416. The fourth-order valence-electron chi connectivity index (χ4n) is 2.22. The minimum Gasteiger partial charge on any atom is -0.309 e. The van der Waals surface area contributed by atoms with Gasteiger partial charge in [0.1, 0.15) is 0 Å². The van der Waals surface area contributed by atoms with Crippen LogP contribution in [-0.2, 0) is 29.5 Å². The number of aromatic nitrogens is 2. The molecule has 0 aromatic carbocycles. The summed E-state index contributed by atoms with van der Waals surface area (Å²) in [5, 5.41) is 8.39. The van der Waals surface area contributed by atoms with Crippen LogP contribution in [0.2, 0.25) is 5.02 Å². The van der Waals surface area contributed by atoms with Crippen molar-refractivity contribution < 1.29 is 8.42 Å². The maximum Gasteiger partial charge on any atom is 0.209 e. The molecule has 1 aromatic rings. The predicted molar refractivity (Wildman–Crippen MR) is 86.1 cm³/mol. The molecule has 1 aromatic heterocycles. The summed E-state index contributed by atoms with van der Waals surface area (Å²) in [4.78, 5) is 0. The number of rotatable bonds is 8. The monoisotopic (exact) mass is 336 g/mol. The average molecular weight is 337 g/mol. The Kier molecular flexibility index (Phi) is 6.22. The van der Waals surface area contributed by atoms with Crippen LogP contribution < -0.4 is 10.0 Å². The van der Waals surface area contributed by atoms with Gasteiger partial charge in [-0.15, -0.1) is 0 Å². The van der Waals surface area contributed by atoms with Crippen molar-refractivity contribution in [3.8, 4) is 0 Å². The summed E-state index contributed by atoms with van der Waals surface area (Å²) in [5.74, 6) is 0. The van der Waals surface area contributed by atoms with Gasteiger partial charge in [-0.3, -0.25) is 4.68 Å². The summed E-state index contributed by atoms with van der Waals surface area (Å²) in [5.41, 5.74) is 1.26. The number of aryl methyl sites for hydroxylation is 2. The molecule has 0 saturated carbocycles. The van der Waals surface area contributed by atoms with Gasteiger partial charge in [0.25, 0.3) is 0 Å². The van der Waals surface area contributed by atoms with Crippen molar-refractivity contribution in [1.29, 1.82) is 0 Å². The number of sulfonamides is 1. The fraction of sp³-hybridized carbons (Fsp3) is 0.769. The summed E-state index contributed by atoms with van der Waals surface area (Å²) >= 11 is 6.33. The zero-order valence-electron chi connectivity index (χ0n) is 13.3. The molecular formula is C13H25ClN4O2S. The van der Waals surface area contributed by atoms with E-state index in [1.54, 1.807) is 0 Å². The second kappa shape index (κ2) is 7.09. The summed E-state index contributed by atoms with van der Waals surface area (Å²) < 4.78 is 27.1. The minimum absolute atomic E-state index is 0.493. The van der Waals surface area contributed by atoms with Crippen molar-refractivity contribution in [2.45, 2.75) is 52.7 Å². The summed E-state index contributed by atoms with van der Waals surface area (Å²) in [6, 6.07) is 0. The molecule has 8 heteroatoms. The summed E-state index contributed by atoms with van der Waals surface area (Å²) in [6.07, 6.45) is 1.95. The van der Waals surface area contributed by atoms with Crippen molar-refractivity contribution >= 4 is 21.6 Å². The van der Waals surface area contributed by atoms with Gasteiger partial charge in [-0.05, 0) is 27.2 Å². The van der Waals surface area contributed by atoms with E-state index in [0.29, 0.717) is 18.1 Å². The molecule has 0 amide bonds. The topological polar surface area (TPSA) is 76.0 Å². The van der Waals surface area contributed by atoms with Gasteiger partial charge in [-0.1, -0.05) is 18.5 Å². The van der Waals surface area contributed by atoms with Gasteiger partial charge in [0.05, 0.1) is 22.7 Å². The lowest BCUT2D eigenvalue weighted by Gasteiger charge is -2.25. The van der Waals surface area contributed by atoms with Crippen LogP contribution in [0.15, 0.2) is 0 Å². The van der Waals surface area contributed by atoms with Crippen LogP contribution in [0.3, 0.4) is 0 Å². The first kappa shape index (κ1) is 18.4. The number of hydrogen-bond donors (Lipinski definition) is 2. The molecular weight excluding hydrogens is 312 g/mol. The lowest BCUT2D eigenvalue weighted by Crippen LogP contribution is -2.49. The molecule has 2 N–H and O–H groups in total. The summed E-state index contributed by atoms with van der Waals surface area (Å²) in [7, 11) is -3.23. The molecule has 0 unspecified atom stereocenters. The number of nitrogens with one attached hydrogen (secondary N) is 2. The van der Waals surface area contributed by atoms with Crippen molar-refractivity contribution in [1.82, 2.24) is 19.8 Å². The number of halogens is 1. The van der Waals surface area contributed by atoms with E-state index in [0.717, 1.165) is 30.6 Å². The van der Waals surface area contributed by atoms with Crippen LogP contribution >= 0.6 is 11.6 Å². The van der Waals surface area contributed by atoms with E-state index in [4.69, 9.17) is 11.6 Å². The molecule has 1 rings (SSSR count). The Balaban J connectivity index is 2.70. The van der Waals surface area contributed by atoms with Crippen LogP contribution in [0.4, 0.5) is 0 Å². The zero-order chi connectivity index (χ0) is 16.3. The van der Waals surface area contributed by atoms with Gasteiger partial charge in [0, 0.05) is 25.2 Å². The van der Waals surface area contributed by atoms with Crippen LogP contribution in [0.25, 0.3) is 0 Å². The van der Waals surface area contributed by atoms with Gasteiger partial charge < -0.3 is 5.32 Å². The highest BCUT2D eigenvalue weighted by molar-refractivity contribution is 7.88. The quantitative estimate of drug-likeness (QED) is 0.755. The highest BCUT2D eigenvalue weighted by atomic mass is 35.5. The van der Waals surface area contributed by atoms with Crippen LogP contribution in [0, 0.1) is 0 Å². The molecule has 0 bridgehead atoms. The molecule has 122 valence electrons. The van der Waals surface area contributed by atoms with E-state index in [-0.39, 0.29) is 0 Å². The molecule has 0 saturated heterocycles. The van der Waals surface area contributed by atoms with E-state index in [9.17, 15) is 8.42 Å². The van der Waals surface area contributed by atoms with Crippen LogP contribution in [0.5, 0.6) is 0 Å². The highest BCUT2D eigenvalue weighted by Gasteiger charge is 2.22. The normalized spacial score (nSPS) is 12.9. The molecule has 0 fully saturated rings. The molecule has 21 heavy (non-hydrogen) atoms. The Bertz CT molecular complexity index is 581. The van der Waals surface area contributed by atoms with Crippen LogP contribution in [-0.4, -0.2) is 36.5 Å². The third-order valence-corrected chi connectivity index (χ3v) is 4.37. The van der Waals surface area contributed by atoms with Crippen molar-refractivity contribution in [2.24, 2.45) is 0 Å². The number of hydrogen-bond acceptors (Lipinski definition) is 4. The van der Waals surface area contributed by atoms with Crippen molar-refractivity contribution in [2.75, 3.05) is 12.8 Å². The Morgan fingerprint density at radius 3 is 2.43 bits per heavy atom. The Hall–Kier alpha value is -0.630. The van der Waals surface area contributed by atoms with Crippen molar-refractivity contribution in [3.63, 3.8) is 0 Å². The largest absolute Gasteiger partial charge is 0.309 e. The molecule has 0 radical (unpaired) electrons. The standard InChI is InChI=1S/C13H25ClN4O2S/c1-6-10-12(14)11(18(7-2)16-10)8-15-9-13(3,4)17-21(5,19)20/h15,17H,6-9H2,1-5H3. The van der Waals surface area contributed by atoms with Gasteiger partial charge in [0.15, 0.2) is 0 Å². The Labute approximate surface area is 132 Å². The van der Waals surface area contributed by atoms with E-state index >= 15 is 0 Å². The maximum atomic E-state index is 11.3. The second-order valence-electron chi connectivity index (χ2n) is 5.74.